The number of ketones is 1. The van der Waals surface area contributed by atoms with E-state index in [4.69, 9.17) is 0 Å². The minimum absolute atomic E-state index is 0.00849. The highest BCUT2D eigenvalue weighted by Gasteiger charge is 2.05. The summed E-state index contributed by atoms with van der Waals surface area (Å²) in [7, 11) is 1.69. The molecule has 1 aromatic carbocycles. The Morgan fingerprint density at radius 2 is 2.00 bits per heavy atom. The first-order valence-electron chi connectivity index (χ1n) is 4.95. The van der Waals surface area contributed by atoms with E-state index in [0.29, 0.717) is 11.3 Å². The SMILES string of the molecule is CC(=O)c1cccc(-n2ccn(C)c2=O)c1. The van der Waals surface area contributed by atoms with Gasteiger partial charge in [-0.05, 0) is 19.1 Å². The highest BCUT2D eigenvalue weighted by atomic mass is 16.1. The first-order chi connectivity index (χ1) is 7.59. The first kappa shape index (κ1) is 10.4. The summed E-state index contributed by atoms with van der Waals surface area (Å²) >= 11 is 0. The highest BCUT2D eigenvalue weighted by molar-refractivity contribution is 5.94. The van der Waals surface area contributed by atoms with Crippen molar-refractivity contribution in [2.75, 3.05) is 0 Å². The molecule has 0 unspecified atom stereocenters. The molecule has 0 aliphatic rings. The van der Waals surface area contributed by atoms with Crippen molar-refractivity contribution in [3.8, 4) is 5.69 Å². The summed E-state index contributed by atoms with van der Waals surface area (Å²) in [6.45, 7) is 1.51. The van der Waals surface area contributed by atoms with Crippen molar-refractivity contribution in [1.29, 1.82) is 0 Å². The smallest absolute Gasteiger partial charge is 0.302 e. The van der Waals surface area contributed by atoms with Crippen molar-refractivity contribution >= 4 is 5.78 Å². The fourth-order valence-electron chi connectivity index (χ4n) is 1.54. The Morgan fingerprint density at radius 1 is 1.25 bits per heavy atom. The second-order valence-electron chi connectivity index (χ2n) is 3.67. The molecule has 0 aliphatic heterocycles. The molecule has 0 N–H and O–H groups in total. The van der Waals surface area contributed by atoms with Crippen molar-refractivity contribution in [3.05, 3.63) is 52.7 Å². The zero-order valence-corrected chi connectivity index (χ0v) is 9.18. The maximum absolute atomic E-state index is 11.7. The van der Waals surface area contributed by atoms with Crippen molar-refractivity contribution in [2.24, 2.45) is 7.05 Å². The number of carbonyl (C=O) groups is 1. The van der Waals surface area contributed by atoms with Gasteiger partial charge in [-0.3, -0.25) is 9.36 Å². The Balaban J connectivity index is 2.57. The van der Waals surface area contributed by atoms with E-state index >= 15 is 0 Å². The van der Waals surface area contributed by atoms with Crippen LogP contribution >= 0.6 is 0 Å². The van der Waals surface area contributed by atoms with Crippen LogP contribution in [-0.2, 0) is 7.05 Å². The monoisotopic (exact) mass is 216 g/mol. The second-order valence-corrected chi connectivity index (χ2v) is 3.67. The Kier molecular flexibility index (Phi) is 2.48. The molecule has 2 aromatic rings. The molecule has 0 bridgehead atoms. The Bertz CT molecular complexity index is 593. The van der Waals surface area contributed by atoms with Gasteiger partial charge in [-0.25, -0.2) is 4.79 Å². The van der Waals surface area contributed by atoms with Crippen LogP contribution < -0.4 is 5.69 Å². The third-order valence-electron chi connectivity index (χ3n) is 2.48. The molecular formula is C12H12N2O2. The van der Waals surface area contributed by atoms with E-state index in [2.05, 4.69) is 0 Å². The van der Waals surface area contributed by atoms with Crippen LogP contribution in [0.15, 0.2) is 41.5 Å². The number of carbonyl (C=O) groups excluding carboxylic acids is 1. The molecule has 4 nitrogen and oxygen atoms in total. The van der Waals surface area contributed by atoms with Gasteiger partial charge in [0, 0.05) is 25.0 Å². The summed E-state index contributed by atoms with van der Waals surface area (Å²) in [5.41, 5.74) is 1.19. The topological polar surface area (TPSA) is 44.0 Å². The van der Waals surface area contributed by atoms with Crippen LogP contribution in [0.2, 0.25) is 0 Å². The van der Waals surface area contributed by atoms with Crippen LogP contribution in [0.25, 0.3) is 5.69 Å². The van der Waals surface area contributed by atoms with E-state index < -0.39 is 0 Å². The summed E-state index contributed by atoms with van der Waals surface area (Å²) in [6.07, 6.45) is 3.37. The second kappa shape index (κ2) is 3.81. The average molecular weight is 216 g/mol. The molecule has 16 heavy (non-hydrogen) atoms. The lowest BCUT2D eigenvalue weighted by atomic mass is 10.1. The van der Waals surface area contributed by atoms with Gasteiger partial charge in [0.05, 0.1) is 5.69 Å². The predicted molar refractivity (Wildman–Crippen MR) is 61.0 cm³/mol. The molecule has 0 fully saturated rings. The molecular weight excluding hydrogens is 204 g/mol. The summed E-state index contributed by atoms with van der Waals surface area (Å²) in [6, 6.07) is 7.02. The molecule has 1 heterocycles. The predicted octanol–water partition coefficient (Wildman–Crippen LogP) is 1.38. The zero-order valence-electron chi connectivity index (χ0n) is 9.18. The fraction of sp³-hybridized carbons (Fsp3) is 0.167. The number of benzene rings is 1. The van der Waals surface area contributed by atoms with E-state index in [1.807, 2.05) is 0 Å². The lowest BCUT2D eigenvalue weighted by Gasteiger charge is -2.02. The normalized spacial score (nSPS) is 10.4. The number of hydrogen-bond acceptors (Lipinski definition) is 2. The number of aromatic nitrogens is 2. The molecule has 1 aromatic heterocycles. The van der Waals surface area contributed by atoms with Crippen LogP contribution in [0.1, 0.15) is 17.3 Å². The molecule has 0 saturated heterocycles. The van der Waals surface area contributed by atoms with Gasteiger partial charge < -0.3 is 4.57 Å². The molecule has 0 spiro atoms. The molecule has 0 saturated carbocycles. The van der Waals surface area contributed by atoms with Crippen molar-refractivity contribution in [1.82, 2.24) is 9.13 Å². The largest absolute Gasteiger partial charge is 0.332 e. The van der Waals surface area contributed by atoms with E-state index in [-0.39, 0.29) is 11.5 Å². The highest BCUT2D eigenvalue weighted by Crippen LogP contribution is 2.09. The van der Waals surface area contributed by atoms with Gasteiger partial charge in [0.1, 0.15) is 0 Å². The molecule has 0 amide bonds. The van der Waals surface area contributed by atoms with Crippen LogP contribution in [0, 0.1) is 0 Å². The summed E-state index contributed by atoms with van der Waals surface area (Å²) in [5, 5.41) is 0. The standard InChI is InChI=1S/C12H12N2O2/c1-9(15)10-4-3-5-11(8-10)14-7-6-13(2)12(14)16/h3-8H,1-2H3. The Morgan fingerprint density at radius 3 is 2.56 bits per heavy atom. The number of rotatable bonds is 2. The minimum Gasteiger partial charge on any atom is -0.302 e. The lowest BCUT2D eigenvalue weighted by Crippen LogP contribution is -2.20. The quantitative estimate of drug-likeness (QED) is 0.712. The van der Waals surface area contributed by atoms with E-state index in [1.54, 1.807) is 43.7 Å². The van der Waals surface area contributed by atoms with Crippen LogP contribution in [0.4, 0.5) is 0 Å². The number of nitrogens with zero attached hydrogens (tertiary/aromatic N) is 2. The van der Waals surface area contributed by atoms with E-state index in [0.717, 1.165) is 0 Å². The number of hydrogen-bond donors (Lipinski definition) is 0. The van der Waals surface area contributed by atoms with Gasteiger partial charge in [-0.2, -0.15) is 0 Å². The van der Waals surface area contributed by atoms with Crippen molar-refractivity contribution in [2.45, 2.75) is 6.92 Å². The summed E-state index contributed by atoms with van der Waals surface area (Å²) in [4.78, 5) is 22.9. The maximum Gasteiger partial charge on any atom is 0.332 e. The maximum atomic E-state index is 11.7. The fourth-order valence-corrected chi connectivity index (χ4v) is 1.54. The summed E-state index contributed by atoms with van der Waals surface area (Å²) in [5.74, 6) is -0.00849. The number of Topliss-reactive ketones (excluding diaryl/α,β-unsaturated/α-hetero) is 1. The van der Waals surface area contributed by atoms with Gasteiger partial charge in [-0.15, -0.1) is 0 Å². The molecule has 0 atom stereocenters. The number of imidazole rings is 1. The van der Waals surface area contributed by atoms with Gasteiger partial charge in [0.15, 0.2) is 5.78 Å². The van der Waals surface area contributed by atoms with Gasteiger partial charge in [0.25, 0.3) is 0 Å². The third kappa shape index (κ3) is 1.69. The van der Waals surface area contributed by atoms with Gasteiger partial charge >= 0.3 is 5.69 Å². The van der Waals surface area contributed by atoms with Crippen LogP contribution in [0.5, 0.6) is 0 Å². The lowest BCUT2D eigenvalue weighted by molar-refractivity contribution is 0.101. The Labute approximate surface area is 92.8 Å². The molecule has 2 rings (SSSR count). The molecule has 0 radical (unpaired) electrons. The van der Waals surface area contributed by atoms with Crippen LogP contribution in [-0.4, -0.2) is 14.9 Å². The number of aryl methyl sites for hydroxylation is 1. The van der Waals surface area contributed by atoms with Crippen molar-refractivity contribution < 1.29 is 4.79 Å². The van der Waals surface area contributed by atoms with Gasteiger partial charge in [0.2, 0.25) is 0 Å². The van der Waals surface area contributed by atoms with E-state index in [9.17, 15) is 9.59 Å². The van der Waals surface area contributed by atoms with E-state index in [1.165, 1.54) is 16.1 Å². The van der Waals surface area contributed by atoms with Crippen molar-refractivity contribution in [3.63, 3.8) is 0 Å². The summed E-state index contributed by atoms with van der Waals surface area (Å²) < 4.78 is 2.99. The third-order valence-corrected chi connectivity index (χ3v) is 2.48. The van der Waals surface area contributed by atoms with Crippen LogP contribution in [0.3, 0.4) is 0 Å². The van der Waals surface area contributed by atoms with Gasteiger partial charge in [-0.1, -0.05) is 12.1 Å². The Hall–Kier alpha value is -2.10. The molecule has 82 valence electrons. The molecule has 0 aliphatic carbocycles. The minimum atomic E-state index is -0.124. The molecule has 4 heteroatoms. The zero-order chi connectivity index (χ0) is 11.7. The average Bonchev–Trinajstić information content (AvgIpc) is 2.60. The first-order valence-corrected chi connectivity index (χ1v) is 4.95.